The highest BCUT2D eigenvalue weighted by Crippen LogP contribution is 2.27. The summed E-state index contributed by atoms with van der Waals surface area (Å²) in [5.74, 6) is 0.0728. The molecule has 0 atom stereocenters. The third-order valence-electron chi connectivity index (χ3n) is 3.15. The lowest BCUT2D eigenvalue weighted by Crippen LogP contribution is -2.01. The van der Waals surface area contributed by atoms with Crippen molar-refractivity contribution < 1.29 is 4.39 Å². The van der Waals surface area contributed by atoms with Crippen LogP contribution in [0.3, 0.4) is 0 Å². The summed E-state index contributed by atoms with van der Waals surface area (Å²) in [7, 11) is 0. The number of nitrogens with zero attached hydrogens (tertiary/aromatic N) is 4. The van der Waals surface area contributed by atoms with E-state index >= 15 is 0 Å². The molecule has 4 nitrogen and oxygen atoms in total. The van der Waals surface area contributed by atoms with Gasteiger partial charge in [0.05, 0.1) is 10.7 Å². The molecule has 102 valence electrons. The van der Waals surface area contributed by atoms with Gasteiger partial charge in [-0.15, -0.1) is 10.2 Å². The normalized spacial score (nSPS) is 11.2. The summed E-state index contributed by atoms with van der Waals surface area (Å²) in [6.45, 7) is 3.74. The van der Waals surface area contributed by atoms with Crippen molar-refractivity contribution in [3.63, 3.8) is 0 Å². The predicted octanol–water partition coefficient (Wildman–Crippen LogP) is 3.85. The second kappa shape index (κ2) is 4.68. The van der Waals surface area contributed by atoms with Crippen LogP contribution in [0.25, 0.3) is 17.0 Å². The molecule has 3 aromatic rings. The van der Waals surface area contributed by atoms with Gasteiger partial charge in [-0.2, -0.15) is 0 Å². The van der Waals surface area contributed by atoms with Crippen molar-refractivity contribution in [1.82, 2.24) is 19.6 Å². The number of fused-ring (bicyclic) bond motifs is 1. The Kier molecular flexibility index (Phi) is 3.11. The lowest BCUT2D eigenvalue weighted by molar-refractivity contribution is 0.628. The van der Waals surface area contributed by atoms with E-state index in [1.165, 1.54) is 12.1 Å². The molecule has 0 spiro atoms. The van der Waals surface area contributed by atoms with Crippen molar-refractivity contribution in [2.75, 3.05) is 0 Å². The molecule has 3 rings (SSSR count). The maximum absolute atomic E-state index is 13.3. The molecule has 1 aromatic carbocycles. The fraction of sp³-hybridized carbons (Fsp3) is 0.154. The number of halogens is 3. The van der Waals surface area contributed by atoms with Crippen LogP contribution in [-0.2, 0) is 0 Å². The molecule has 0 saturated carbocycles. The first-order chi connectivity index (χ1) is 9.49. The fourth-order valence-electron chi connectivity index (χ4n) is 2.00. The molecule has 2 heterocycles. The van der Waals surface area contributed by atoms with Crippen molar-refractivity contribution in [2.45, 2.75) is 13.8 Å². The molecule has 0 aliphatic rings. The summed E-state index contributed by atoms with van der Waals surface area (Å²) in [6.07, 6.45) is 0. The largest absolute Gasteiger partial charge is 0.275 e. The minimum Gasteiger partial charge on any atom is -0.275 e. The molecule has 0 bridgehead atoms. The maximum atomic E-state index is 13.3. The van der Waals surface area contributed by atoms with Crippen LogP contribution in [0.1, 0.15) is 11.4 Å². The Hall–Kier alpha value is -1.72. The molecular formula is C13H9Cl2FN4. The highest BCUT2D eigenvalue weighted by molar-refractivity contribution is 6.32. The molecule has 0 N–H and O–H groups in total. The van der Waals surface area contributed by atoms with E-state index in [9.17, 15) is 4.39 Å². The number of aryl methyl sites for hydroxylation is 2. The van der Waals surface area contributed by atoms with Crippen LogP contribution >= 0.6 is 23.2 Å². The van der Waals surface area contributed by atoms with Crippen LogP contribution in [0, 0.1) is 19.7 Å². The van der Waals surface area contributed by atoms with E-state index in [2.05, 4.69) is 15.2 Å². The van der Waals surface area contributed by atoms with Crippen LogP contribution in [0.4, 0.5) is 4.39 Å². The standard InChI is InChI=1S/C13H9Cl2FN4/c1-6-7(2)20-12(18-19-13(20)11(15)17-6)8-3-4-10(16)9(14)5-8/h3-5H,1-2H3. The van der Waals surface area contributed by atoms with Gasteiger partial charge in [0.15, 0.2) is 16.6 Å². The van der Waals surface area contributed by atoms with Crippen molar-refractivity contribution in [3.05, 3.63) is 45.6 Å². The van der Waals surface area contributed by atoms with Gasteiger partial charge in [0.1, 0.15) is 5.82 Å². The van der Waals surface area contributed by atoms with Crippen molar-refractivity contribution in [2.24, 2.45) is 0 Å². The minimum atomic E-state index is -0.475. The molecule has 0 amide bonds. The van der Waals surface area contributed by atoms with Gasteiger partial charge in [0.2, 0.25) is 0 Å². The van der Waals surface area contributed by atoms with Crippen LogP contribution in [-0.4, -0.2) is 19.6 Å². The molecule has 0 fully saturated rings. The zero-order chi connectivity index (χ0) is 14.4. The number of rotatable bonds is 1. The van der Waals surface area contributed by atoms with Gasteiger partial charge in [-0.05, 0) is 32.0 Å². The number of hydrogen-bond acceptors (Lipinski definition) is 3. The van der Waals surface area contributed by atoms with E-state index in [1.54, 1.807) is 10.5 Å². The zero-order valence-electron chi connectivity index (χ0n) is 10.7. The minimum absolute atomic E-state index is 0.0359. The van der Waals surface area contributed by atoms with Crippen LogP contribution in [0.5, 0.6) is 0 Å². The van der Waals surface area contributed by atoms with Gasteiger partial charge in [-0.3, -0.25) is 4.40 Å². The number of aromatic nitrogens is 4. The summed E-state index contributed by atoms with van der Waals surface area (Å²) in [5, 5.41) is 8.45. The molecule has 0 saturated heterocycles. The Morgan fingerprint density at radius 1 is 1.15 bits per heavy atom. The SMILES string of the molecule is Cc1nc(Cl)c2nnc(-c3ccc(F)c(Cl)c3)n2c1C. The van der Waals surface area contributed by atoms with Crippen molar-refractivity contribution >= 4 is 28.8 Å². The molecule has 0 radical (unpaired) electrons. The van der Waals surface area contributed by atoms with Crippen LogP contribution in [0.2, 0.25) is 10.2 Å². The van der Waals surface area contributed by atoms with Crippen molar-refractivity contribution in [3.8, 4) is 11.4 Å². The average molecular weight is 311 g/mol. The predicted molar refractivity (Wildman–Crippen MR) is 75.7 cm³/mol. The summed E-state index contributed by atoms with van der Waals surface area (Å²) >= 11 is 11.9. The Bertz CT molecular complexity index is 829. The average Bonchev–Trinajstić information content (AvgIpc) is 2.85. The fourth-order valence-corrected chi connectivity index (χ4v) is 2.43. The zero-order valence-corrected chi connectivity index (χ0v) is 12.2. The van der Waals surface area contributed by atoms with Gasteiger partial charge in [0, 0.05) is 11.3 Å². The molecule has 20 heavy (non-hydrogen) atoms. The van der Waals surface area contributed by atoms with E-state index < -0.39 is 5.82 Å². The first-order valence-electron chi connectivity index (χ1n) is 5.82. The Balaban J connectivity index is 2.34. The summed E-state index contributed by atoms with van der Waals surface area (Å²) < 4.78 is 15.0. The number of benzene rings is 1. The monoisotopic (exact) mass is 310 g/mol. The van der Waals surface area contributed by atoms with Crippen molar-refractivity contribution in [1.29, 1.82) is 0 Å². The Morgan fingerprint density at radius 2 is 1.90 bits per heavy atom. The topological polar surface area (TPSA) is 43.1 Å². The summed E-state index contributed by atoms with van der Waals surface area (Å²) in [4.78, 5) is 4.20. The highest BCUT2D eigenvalue weighted by Gasteiger charge is 2.16. The summed E-state index contributed by atoms with van der Waals surface area (Å²) in [5.41, 5.74) is 2.76. The third kappa shape index (κ3) is 1.94. The second-order valence-corrected chi connectivity index (χ2v) is 5.15. The second-order valence-electron chi connectivity index (χ2n) is 4.38. The van der Waals surface area contributed by atoms with E-state index in [0.717, 1.165) is 11.4 Å². The van der Waals surface area contributed by atoms with Gasteiger partial charge in [-0.25, -0.2) is 9.37 Å². The van der Waals surface area contributed by atoms with Crippen LogP contribution < -0.4 is 0 Å². The number of hydrogen-bond donors (Lipinski definition) is 0. The van der Waals surface area contributed by atoms with E-state index in [0.29, 0.717) is 17.0 Å². The summed E-state index contributed by atoms with van der Waals surface area (Å²) in [6, 6.07) is 4.40. The van der Waals surface area contributed by atoms with E-state index in [4.69, 9.17) is 23.2 Å². The first kappa shape index (κ1) is 13.3. The van der Waals surface area contributed by atoms with Crippen LogP contribution in [0.15, 0.2) is 18.2 Å². The van der Waals surface area contributed by atoms with E-state index in [1.807, 2.05) is 13.8 Å². The lowest BCUT2D eigenvalue weighted by atomic mass is 10.2. The molecule has 7 heteroatoms. The molecular weight excluding hydrogens is 302 g/mol. The van der Waals surface area contributed by atoms with Gasteiger partial charge in [-0.1, -0.05) is 23.2 Å². The first-order valence-corrected chi connectivity index (χ1v) is 6.58. The molecule has 0 aliphatic heterocycles. The smallest absolute Gasteiger partial charge is 0.199 e. The van der Waals surface area contributed by atoms with Gasteiger partial charge < -0.3 is 0 Å². The van der Waals surface area contributed by atoms with Gasteiger partial charge >= 0.3 is 0 Å². The Morgan fingerprint density at radius 3 is 2.60 bits per heavy atom. The maximum Gasteiger partial charge on any atom is 0.199 e. The quantitative estimate of drug-likeness (QED) is 0.685. The Labute approximate surface area is 124 Å². The molecule has 0 aliphatic carbocycles. The highest BCUT2D eigenvalue weighted by atomic mass is 35.5. The van der Waals surface area contributed by atoms with E-state index in [-0.39, 0.29) is 10.2 Å². The lowest BCUT2D eigenvalue weighted by Gasteiger charge is -2.07. The van der Waals surface area contributed by atoms with Gasteiger partial charge in [0.25, 0.3) is 0 Å². The third-order valence-corrected chi connectivity index (χ3v) is 3.69. The molecule has 0 unspecified atom stereocenters. The molecule has 2 aromatic heterocycles.